The first-order valence-electron chi connectivity index (χ1n) is 8.85. The minimum Gasteiger partial charge on any atom is -0.486 e. The van der Waals surface area contributed by atoms with Crippen molar-refractivity contribution in [2.45, 2.75) is 13.5 Å². The third kappa shape index (κ3) is 3.97. The largest absolute Gasteiger partial charge is 0.486 e. The summed E-state index contributed by atoms with van der Waals surface area (Å²) in [5.41, 5.74) is 3.73. The van der Waals surface area contributed by atoms with Crippen LogP contribution >= 0.6 is 12.2 Å². The fourth-order valence-corrected chi connectivity index (χ4v) is 3.10. The molecule has 1 amide bonds. The van der Waals surface area contributed by atoms with Gasteiger partial charge in [-0.15, -0.1) is 0 Å². The van der Waals surface area contributed by atoms with E-state index in [2.05, 4.69) is 10.4 Å². The van der Waals surface area contributed by atoms with Crippen LogP contribution in [0.4, 0.5) is 0 Å². The number of nitrogens with one attached hydrogen (secondary N) is 2. The van der Waals surface area contributed by atoms with Gasteiger partial charge in [-0.25, -0.2) is 0 Å². The summed E-state index contributed by atoms with van der Waals surface area (Å²) < 4.78 is 12.3. The van der Waals surface area contributed by atoms with Crippen molar-refractivity contribution in [2.75, 3.05) is 5.43 Å². The van der Waals surface area contributed by atoms with Gasteiger partial charge in [-0.05, 0) is 61.1 Å². The fraction of sp³-hybridized carbons (Fsp3) is 0.0952. The highest BCUT2D eigenvalue weighted by Gasteiger charge is 2.14. The smallest absolute Gasteiger partial charge is 0.305 e. The van der Waals surface area contributed by atoms with Crippen LogP contribution in [0.2, 0.25) is 0 Å². The Morgan fingerprint density at radius 2 is 2.00 bits per heavy atom. The summed E-state index contributed by atoms with van der Waals surface area (Å²) in [5.74, 6) is 0.639. The summed E-state index contributed by atoms with van der Waals surface area (Å²) in [6.07, 6.45) is 0. The number of hydrogen-bond donors (Lipinski definition) is 2. The first kappa shape index (κ1) is 18.7. The van der Waals surface area contributed by atoms with Gasteiger partial charge in [0.1, 0.15) is 18.1 Å². The predicted molar refractivity (Wildman–Crippen MR) is 111 cm³/mol. The maximum absolute atomic E-state index is 12.6. The van der Waals surface area contributed by atoms with Crippen LogP contribution in [0.25, 0.3) is 10.9 Å². The average molecular weight is 407 g/mol. The summed E-state index contributed by atoms with van der Waals surface area (Å²) in [5, 5.41) is 0.410. The average Bonchev–Trinajstić information content (AvgIpc) is 3.19. The van der Waals surface area contributed by atoms with Gasteiger partial charge in [0.2, 0.25) is 0 Å². The zero-order valence-electron chi connectivity index (χ0n) is 15.5. The number of hydrogen-bond acceptors (Lipinski definition) is 5. The first-order valence-corrected chi connectivity index (χ1v) is 9.26. The zero-order chi connectivity index (χ0) is 20.4. The summed E-state index contributed by atoms with van der Waals surface area (Å²) in [6, 6.07) is 17.7. The highest BCUT2D eigenvalue weighted by molar-refractivity contribution is 7.71. The lowest BCUT2D eigenvalue weighted by Gasteiger charge is -2.08. The number of fused-ring (bicyclic) bond motifs is 1. The SMILES string of the molecule is Cc1cccc(OCc2ccc(C(=O)Nn3c(=S)[nH]c4ccccc4c3=O)o2)c1. The van der Waals surface area contributed by atoms with Crippen LogP contribution in [-0.4, -0.2) is 15.6 Å². The van der Waals surface area contributed by atoms with Crippen molar-refractivity contribution in [1.29, 1.82) is 0 Å². The van der Waals surface area contributed by atoms with Crippen LogP contribution in [0, 0.1) is 11.7 Å². The fourth-order valence-electron chi connectivity index (χ4n) is 2.86. The van der Waals surface area contributed by atoms with E-state index in [1.165, 1.54) is 6.07 Å². The molecule has 29 heavy (non-hydrogen) atoms. The van der Waals surface area contributed by atoms with Gasteiger partial charge in [0.15, 0.2) is 10.5 Å². The zero-order valence-corrected chi connectivity index (χ0v) is 16.3. The van der Waals surface area contributed by atoms with Gasteiger partial charge in [-0.1, -0.05) is 24.3 Å². The number of carbonyl (C=O) groups excluding carboxylic acids is 1. The minimum atomic E-state index is -0.594. The lowest BCUT2D eigenvalue weighted by atomic mass is 10.2. The molecule has 146 valence electrons. The number of carbonyl (C=O) groups is 1. The van der Waals surface area contributed by atoms with E-state index in [4.69, 9.17) is 21.4 Å². The number of nitrogens with zero attached hydrogens (tertiary/aromatic N) is 1. The van der Waals surface area contributed by atoms with Crippen molar-refractivity contribution in [3.8, 4) is 5.75 Å². The number of amides is 1. The van der Waals surface area contributed by atoms with Gasteiger partial charge >= 0.3 is 5.91 Å². The van der Waals surface area contributed by atoms with Gasteiger partial charge in [0.25, 0.3) is 5.56 Å². The van der Waals surface area contributed by atoms with Crippen molar-refractivity contribution in [1.82, 2.24) is 9.66 Å². The molecule has 4 aromatic rings. The second-order valence-corrected chi connectivity index (χ2v) is 6.82. The van der Waals surface area contributed by atoms with E-state index in [1.54, 1.807) is 30.3 Å². The van der Waals surface area contributed by atoms with E-state index >= 15 is 0 Å². The summed E-state index contributed by atoms with van der Waals surface area (Å²) >= 11 is 5.19. The second-order valence-electron chi connectivity index (χ2n) is 6.43. The quantitative estimate of drug-likeness (QED) is 0.490. The molecule has 0 aliphatic carbocycles. The Balaban J connectivity index is 1.51. The molecule has 0 atom stereocenters. The van der Waals surface area contributed by atoms with E-state index in [9.17, 15) is 9.59 Å². The Bertz CT molecular complexity index is 1320. The molecule has 2 heterocycles. The van der Waals surface area contributed by atoms with Crippen LogP contribution in [-0.2, 0) is 6.61 Å². The molecule has 0 radical (unpaired) electrons. The summed E-state index contributed by atoms with van der Waals surface area (Å²) in [4.78, 5) is 28.1. The number of rotatable bonds is 5. The van der Waals surface area contributed by atoms with E-state index < -0.39 is 11.5 Å². The van der Waals surface area contributed by atoms with Gasteiger partial charge in [-0.2, -0.15) is 4.68 Å². The van der Waals surface area contributed by atoms with Crippen molar-refractivity contribution in [3.63, 3.8) is 0 Å². The van der Waals surface area contributed by atoms with Gasteiger partial charge in [0, 0.05) is 0 Å². The maximum atomic E-state index is 12.6. The molecule has 0 saturated carbocycles. The van der Waals surface area contributed by atoms with Gasteiger partial charge in [-0.3, -0.25) is 15.0 Å². The number of benzene rings is 2. The number of H-pyrrole nitrogens is 1. The molecule has 0 aliphatic rings. The lowest BCUT2D eigenvalue weighted by molar-refractivity contribution is 0.0976. The Morgan fingerprint density at radius 1 is 1.17 bits per heavy atom. The van der Waals surface area contributed by atoms with Gasteiger partial charge in [0.05, 0.1) is 10.9 Å². The standard InChI is InChI=1S/C21H17N3O4S/c1-13-5-4-6-14(11-13)27-12-15-9-10-18(28-15)19(25)23-24-20(26)16-7-2-3-8-17(16)22-21(24)29/h2-11H,12H2,1H3,(H,22,29)(H,23,25). The molecule has 0 spiro atoms. The molecule has 4 rings (SSSR count). The monoisotopic (exact) mass is 407 g/mol. The number of ether oxygens (including phenoxy) is 1. The molecular weight excluding hydrogens is 390 g/mol. The molecule has 0 fully saturated rings. The van der Waals surface area contributed by atoms with Crippen LogP contribution in [0.15, 0.2) is 69.9 Å². The maximum Gasteiger partial charge on any atom is 0.305 e. The Hall–Kier alpha value is -3.65. The number of aromatic nitrogens is 2. The Kier molecular flexibility index (Phi) is 5.01. The molecular formula is C21H17N3O4S. The first-order chi connectivity index (χ1) is 14.0. The van der Waals surface area contributed by atoms with E-state index in [0.29, 0.717) is 22.4 Å². The highest BCUT2D eigenvalue weighted by atomic mass is 32.1. The van der Waals surface area contributed by atoms with Gasteiger partial charge < -0.3 is 14.1 Å². The Morgan fingerprint density at radius 3 is 2.83 bits per heavy atom. The van der Waals surface area contributed by atoms with Crippen LogP contribution in [0.1, 0.15) is 21.9 Å². The van der Waals surface area contributed by atoms with Crippen molar-refractivity contribution >= 4 is 29.0 Å². The normalized spacial score (nSPS) is 10.8. The molecule has 8 heteroatoms. The molecule has 2 N–H and O–H groups in total. The topological polar surface area (TPSA) is 89.3 Å². The molecule has 0 bridgehead atoms. The number of aryl methyl sites for hydroxylation is 1. The predicted octanol–water partition coefficient (Wildman–Crippen LogP) is 3.92. The van der Waals surface area contributed by atoms with Crippen molar-refractivity contribution in [3.05, 3.63) is 92.9 Å². The number of aromatic amines is 1. The van der Waals surface area contributed by atoms with Crippen molar-refractivity contribution in [2.24, 2.45) is 0 Å². The molecule has 0 saturated heterocycles. The summed E-state index contributed by atoms with van der Waals surface area (Å²) in [7, 11) is 0. The number of para-hydroxylation sites is 1. The molecule has 0 unspecified atom stereocenters. The summed E-state index contributed by atoms with van der Waals surface area (Å²) in [6.45, 7) is 2.15. The Labute approximate surface area is 170 Å². The van der Waals surface area contributed by atoms with Crippen molar-refractivity contribution < 1.29 is 13.9 Å². The third-order valence-corrected chi connectivity index (χ3v) is 4.56. The van der Waals surface area contributed by atoms with Crippen LogP contribution in [0.5, 0.6) is 5.75 Å². The third-order valence-electron chi connectivity index (χ3n) is 4.27. The lowest BCUT2D eigenvalue weighted by Crippen LogP contribution is -2.34. The minimum absolute atomic E-state index is 0.0438. The van der Waals surface area contributed by atoms with E-state index in [-0.39, 0.29) is 17.1 Å². The van der Waals surface area contributed by atoms with E-state index in [1.807, 2.05) is 31.2 Å². The van der Waals surface area contributed by atoms with Crippen LogP contribution in [0.3, 0.4) is 0 Å². The molecule has 7 nitrogen and oxygen atoms in total. The molecule has 0 aliphatic heterocycles. The van der Waals surface area contributed by atoms with E-state index in [0.717, 1.165) is 10.2 Å². The number of furan rings is 1. The van der Waals surface area contributed by atoms with Crippen LogP contribution < -0.4 is 15.7 Å². The molecule has 2 aromatic carbocycles. The second kappa shape index (κ2) is 7.76. The molecule has 2 aromatic heterocycles. The highest BCUT2D eigenvalue weighted by Crippen LogP contribution is 2.16.